The number of fused-ring (bicyclic) bond motifs is 2. The maximum absolute atomic E-state index is 12.3. The molecule has 8 heteroatoms. The highest BCUT2D eigenvalue weighted by molar-refractivity contribution is 5.90. The molecule has 4 heterocycles. The highest BCUT2D eigenvalue weighted by Gasteiger charge is 2.29. The molecule has 4 aromatic rings. The van der Waals surface area contributed by atoms with E-state index in [1.165, 1.54) is 0 Å². The molecule has 0 radical (unpaired) electrons. The van der Waals surface area contributed by atoms with Crippen LogP contribution in [0.5, 0.6) is 0 Å². The number of amides is 2. The van der Waals surface area contributed by atoms with Crippen molar-refractivity contribution >= 4 is 28.3 Å². The molecule has 2 N–H and O–H groups in total. The minimum atomic E-state index is 0.0539. The molecule has 0 atom stereocenters. The zero-order chi connectivity index (χ0) is 21.7. The number of hydrogen-bond acceptors (Lipinski definition) is 5. The van der Waals surface area contributed by atoms with Gasteiger partial charge in [-0.3, -0.25) is 4.40 Å². The molecule has 31 heavy (non-hydrogen) atoms. The summed E-state index contributed by atoms with van der Waals surface area (Å²) in [5.41, 5.74) is 9.74. The maximum atomic E-state index is 12.3. The summed E-state index contributed by atoms with van der Waals surface area (Å²) in [6, 6.07) is 8.10. The number of nitrogens with zero attached hydrogens (tertiary/aromatic N) is 5. The number of aryl methyl sites for hydroxylation is 1. The lowest BCUT2D eigenvalue weighted by molar-refractivity contribution is 0.155. The summed E-state index contributed by atoms with van der Waals surface area (Å²) in [6.45, 7) is 3.48. The number of nitrogen functional groups attached to an aromatic ring is 1. The van der Waals surface area contributed by atoms with Gasteiger partial charge in [-0.15, -0.1) is 0 Å². The average Bonchev–Trinajstić information content (AvgIpc) is 3.37. The van der Waals surface area contributed by atoms with Gasteiger partial charge >= 0.3 is 6.03 Å². The highest BCUT2D eigenvalue weighted by atomic mass is 16.3. The third kappa shape index (κ3) is 3.19. The second kappa shape index (κ2) is 7.30. The number of furan rings is 1. The number of imidazole rings is 1. The minimum absolute atomic E-state index is 0.0539. The number of urea groups is 1. The Morgan fingerprint density at radius 1 is 1.26 bits per heavy atom. The van der Waals surface area contributed by atoms with E-state index in [-0.39, 0.29) is 11.9 Å². The van der Waals surface area contributed by atoms with Crippen LogP contribution in [0.4, 0.5) is 10.6 Å². The molecule has 8 nitrogen and oxygen atoms in total. The smallest absolute Gasteiger partial charge is 0.319 e. The monoisotopic (exact) mass is 418 g/mol. The lowest BCUT2D eigenvalue weighted by Gasteiger charge is -2.33. The Balaban J connectivity index is 1.56. The normalized spacial score (nSPS) is 15.1. The van der Waals surface area contributed by atoms with Gasteiger partial charge in [0.15, 0.2) is 5.76 Å². The Labute approximate surface area is 180 Å². The molecule has 1 fully saturated rings. The van der Waals surface area contributed by atoms with Crippen molar-refractivity contribution in [3.05, 3.63) is 48.0 Å². The summed E-state index contributed by atoms with van der Waals surface area (Å²) in [7, 11) is 3.57. The van der Waals surface area contributed by atoms with Crippen molar-refractivity contribution < 1.29 is 9.21 Å². The summed E-state index contributed by atoms with van der Waals surface area (Å²) < 4.78 is 8.19. The van der Waals surface area contributed by atoms with Crippen molar-refractivity contribution in [3.8, 4) is 11.5 Å². The van der Waals surface area contributed by atoms with Crippen LogP contribution in [0.1, 0.15) is 30.1 Å². The predicted molar refractivity (Wildman–Crippen MR) is 120 cm³/mol. The molecule has 1 saturated heterocycles. The molecule has 0 aliphatic carbocycles. The Bertz CT molecular complexity index is 1280. The number of likely N-dealkylation sites (tertiary alicyclic amines) is 1. The molecule has 0 spiro atoms. The van der Waals surface area contributed by atoms with Crippen molar-refractivity contribution in [1.82, 2.24) is 24.2 Å². The predicted octanol–water partition coefficient (Wildman–Crippen LogP) is 3.89. The van der Waals surface area contributed by atoms with E-state index < -0.39 is 0 Å². The molecule has 0 bridgehead atoms. The van der Waals surface area contributed by atoms with E-state index in [1.807, 2.05) is 33.7 Å². The number of carbonyl (C=O) groups excluding carboxylic acids is 1. The van der Waals surface area contributed by atoms with E-state index >= 15 is 0 Å². The molecule has 1 aliphatic rings. The minimum Gasteiger partial charge on any atom is -0.454 e. The number of aromatic nitrogens is 3. The molecule has 1 aliphatic heterocycles. The Morgan fingerprint density at radius 3 is 2.74 bits per heavy atom. The molecular weight excluding hydrogens is 392 g/mol. The van der Waals surface area contributed by atoms with Crippen LogP contribution in [0.25, 0.3) is 27.9 Å². The fourth-order valence-corrected chi connectivity index (χ4v) is 4.48. The van der Waals surface area contributed by atoms with Gasteiger partial charge in [0.2, 0.25) is 0 Å². The molecule has 5 rings (SSSR count). The largest absolute Gasteiger partial charge is 0.454 e. The quantitative estimate of drug-likeness (QED) is 0.533. The van der Waals surface area contributed by atoms with Crippen molar-refractivity contribution in [2.24, 2.45) is 0 Å². The summed E-state index contributed by atoms with van der Waals surface area (Å²) in [6.07, 6.45) is 5.30. The lowest BCUT2D eigenvalue weighted by Crippen LogP contribution is -2.43. The van der Waals surface area contributed by atoms with Crippen molar-refractivity contribution in [1.29, 1.82) is 0 Å². The van der Waals surface area contributed by atoms with Gasteiger partial charge in [-0.2, -0.15) is 0 Å². The molecule has 2 amide bonds. The summed E-state index contributed by atoms with van der Waals surface area (Å²) in [5.74, 6) is 2.27. The topological polar surface area (TPSA) is 92.9 Å². The number of piperidine rings is 1. The summed E-state index contributed by atoms with van der Waals surface area (Å²) >= 11 is 0. The van der Waals surface area contributed by atoms with Crippen molar-refractivity contribution in [2.75, 3.05) is 32.9 Å². The van der Waals surface area contributed by atoms with Gasteiger partial charge in [0, 0.05) is 50.9 Å². The van der Waals surface area contributed by atoms with Crippen molar-refractivity contribution in [2.45, 2.75) is 25.7 Å². The number of carbonyl (C=O) groups is 1. The Morgan fingerprint density at radius 2 is 2.03 bits per heavy atom. The van der Waals surface area contributed by atoms with Crippen LogP contribution >= 0.6 is 0 Å². The molecule has 3 aromatic heterocycles. The third-order valence-corrected chi connectivity index (χ3v) is 6.14. The average molecular weight is 419 g/mol. The summed E-state index contributed by atoms with van der Waals surface area (Å²) in [4.78, 5) is 25.1. The standard InChI is InChI=1S/C23H26N6O2/c1-14-5-4-6-17-16(14)13-18(31-17)19-20-21(24)25-9-12-29(20)22(26-19)15-7-10-28(11-8-15)23(30)27(2)3/h4-6,9,12-13,15H,7-8,10-11H2,1-3H3,(H2,24,25). The van der Waals surface area contributed by atoms with E-state index in [9.17, 15) is 4.79 Å². The first kappa shape index (κ1) is 19.4. The highest BCUT2D eigenvalue weighted by Crippen LogP contribution is 2.37. The first-order valence-corrected chi connectivity index (χ1v) is 10.5. The van der Waals surface area contributed by atoms with Crippen LogP contribution in [0.2, 0.25) is 0 Å². The summed E-state index contributed by atoms with van der Waals surface area (Å²) in [5, 5.41) is 1.07. The lowest BCUT2D eigenvalue weighted by atomic mass is 9.96. The first-order chi connectivity index (χ1) is 14.9. The fourth-order valence-electron chi connectivity index (χ4n) is 4.48. The second-order valence-corrected chi connectivity index (χ2v) is 8.39. The molecule has 0 unspecified atom stereocenters. The van der Waals surface area contributed by atoms with Gasteiger partial charge in [0.05, 0.1) is 0 Å². The van der Waals surface area contributed by atoms with Crippen LogP contribution < -0.4 is 5.73 Å². The first-order valence-electron chi connectivity index (χ1n) is 10.5. The van der Waals surface area contributed by atoms with Crippen LogP contribution in [-0.4, -0.2) is 57.4 Å². The van der Waals surface area contributed by atoms with E-state index in [4.69, 9.17) is 15.1 Å². The molecule has 0 saturated carbocycles. The van der Waals surface area contributed by atoms with E-state index in [0.717, 1.165) is 40.7 Å². The van der Waals surface area contributed by atoms with Gasteiger partial charge in [-0.25, -0.2) is 14.8 Å². The second-order valence-electron chi connectivity index (χ2n) is 8.39. The van der Waals surface area contributed by atoms with Crippen LogP contribution in [0, 0.1) is 6.92 Å². The van der Waals surface area contributed by atoms with Crippen LogP contribution in [0.15, 0.2) is 41.1 Å². The molecular formula is C23H26N6O2. The fraction of sp³-hybridized carbons (Fsp3) is 0.348. The van der Waals surface area contributed by atoms with Crippen LogP contribution in [-0.2, 0) is 0 Å². The van der Waals surface area contributed by atoms with Gasteiger partial charge < -0.3 is 20.0 Å². The van der Waals surface area contributed by atoms with E-state index in [1.54, 1.807) is 25.2 Å². The number of benzene rings is 1. The van der Waals surface area contributed by atoms with E-state index in [2.05, 4.69) is 18.0 Å². The Hall–Kier alpha value is -3.55. The number of hydrogen-bond donors (Lipinski definition) is 1. The van der Waals surface area contributed by atoms with E-state index in [0.29, 0.717) is 30.4 Å². The molecule has 160 valence electrons. The van der Waals surface area contributed by atoms with Crippen LogP contribution in [0.3, 0.4) is 0 Å². The Kier molecular flexibility index (Phi) is 4.57. The zero-order valence-electron chi connectivity index (χ0n) is 18.0. The van der Waals surface area contributed by atoms with Gasteiger partial charge in [-0.05, 0) is 37.5 Å². The van der Waals surface area contributed by atoms with Gasteiger partial charge in [-0.1, -0.05) is 12.1 Å². The molecule has 1 aromatic carbocycles. The van der Waals surface area contributed by atoms with Crippen molar-refractivity contribution in [3.63, 3.8) is 0 Å². The zero-order valence-corrected chi connectivity index (χ0v) is 18.0. The van der Waals surface area contributed by atoms with Gasteiger partial charge in [0.25, 0.3) is 0 Å². The number of rotatable bonds is 2. The number of nitrogens with two attached hydrogens (primary N) is 1. The SMILES string of the molecule is Cc1cccc2oc(-c3nc(C4CCN(C(=O)N(C)C)CC4)n4ccnc(N)c34)cc12. The maximum Gasteiger partial charge on any atom is 0.319 e. The van der Waals surface area contributed by atoms with Gasteiger partial charge in [0.1, 0.15) is 28.4 Å². The number of anilines is 1. The third-order valence-electron chi connectivity index (χ3n) is 6.14.